The van der Waals surface area contributed by atoms with Crippen LogP contribution in [0.25, 0.3) is 0 Å². The second-order valence-corrected chi connectivity index (χ2v) is 12.4. The molecule has 0 N–H and O–H groups in total. The number of amides is 1. The van der Waals surface area contributed by atoms with Crippen LogP contribution in [0.1, 0.15) is 86.3 Å². The highest BCUT2D eigenvalue weighted by atomic mass is 32.1. The number of carbonyl (C=O) groups excluding carboxylic acids is 1. The summed E-state index contributed by atoms with van der Waals surface area (Å²) in [5.74, 6) is 0.203. The van der Waals surface area contributed by atoms with Crippen LogP contribution in [-0.2, 0) is 23.8 Å². The summed E-state index contributed by atoms with van der Waals surface area (Å²) < 4.78 is 0. The minimum absolute atomic E-state index is 0.0258. The van der Waals surface area contributed by atoms with Crippen molar-refractivity contribution in [3.05, 3.63) is 56.8 Å². The predicted octanol–water partition coefficient (Wildman–Crippen LogP) is 6.01. The van der Waals surface area contributed by atoms with Crippen LogP contribution in [-0.4, -0.2) is 41.4 Å². The number of thiophene rings is 1. The molecule has 4 rings (SSSR count). The van der Waals surface area contributed by atoms with Gasteiger partial charge in [-0.3, -0.25) is 9.69 Å². The maximum Gasteiger partial charge on any atom is 0.253 e. The Morgan fingerprint density at radius 1 is 0.935 bits per heavy atom. The smallest absolute Gasteiger partial charge is 0.253 e. The molecule has 0 spiro atoms. The lowest BCUT2D eigenvalue weighted by molar-refractivity contribution is 0.0600. The van der Waals surface area contributed by atoms with Gasteiger partial charge < -0.3 is 4.90 Å². The van der Waals surface area contributed by atoms with Crippen LogP contribution in [0.4, 0.5) is 0 Å². The molecule has 4 heteroatoms. The molecular formula is C27H38N2OS. The Balaban J connectivity index is 1.46. The van der Waals surface area contributed by atoms with E-state index in [1.807, 2.05) is 11.3 Å². The molecule has 0 bridgehead atoms. The zero-order chi connectivity index (χ0) is 22.4. The molecule has 1 aromatic heterocycles. The van der Waals surface area contributed by atoms with E-state index in [1.165, 1.54) is 23.1 Å². The summed E-state index contributed by atoms with van der Waals surface area (Å²) in [6.07, 6.45) is 3.34. The molecule has 0 atom stereocenters. The average Bonchev–Trinajstić information content (AvgIpc) is 3.19. The van der Waals surface area contributed by atoms with Gasteiger partial charge in [0.25, 0.3) is 5.91 Å². The topological polar surface area (TPSA) is 23.6 Å². The fraction of sp³-hybridized carbons (Fsp3) is 0.593. The molecule has 0 radical (unpaired) electrons. The van der Waals surface area contributed by atoms with Gasteiger partial charge in [0, 0.05) is 42.7 Å². The van der Waals surface area contributed by atoms with E-state index in [0.717, 1.165) is 44.6 Å². The summed E-state index contributed by atoms with van der Waals surface area (Å²) >= 11 is 1.90. The van der Waals surface area contributed by atoms with Gasteiger partial charge in [0.2, 0.25) is 0 Å². The zero-order valence-corrected chi connectivity index (χ0v) is 20.9. The third-order valence-electron chi connectivity index (χ3n) is 7.02. The lowest BCUT2D eigenvalue weighted by atomic mass is 9.79. The van der Waals surface area contributed by atoms with E-state index in [1.54, 1.807) is 4.88 Å². The molecule has 1 aromatic carbocycles. The molecule has 1 amide bonds. The first-order chi connectivity index (χ1) is 14.5. The fourth-order valence-corrected chi connectivity index (χ4v) is 5.71. The molecule has 1 saturated heterocycles. The lowest BCUT2D eigenvalue weighted by Crippen LogP contribution is -2.48. The average molecular weight is 439 g/mol. The molecule has 2 aromatic rings. The third kappa shape index (κ3) is 4.90. The fourth-order valence-electron chi connectivity index (χ4n) is 4.82. The second kappa shape index (κ2) is 8.37. The van der Waals surface area contributed by atoms with Crippen molar-refractivity contribution in [1.29, 1.82) is 0 Å². The highest BCUT2D eigenvalue weighted by Gasteiger charge is 2.30. The first kappa shape index (κ1) is 22.5. The first-order valence-corrected chi connectivity index (χ1v) is 12.6. The summed E-state index contributed by atoms with van der Waals surface area (Å²) in [5, 5.41) is 2.23. The molecule has 2 aliphatic heterocycles. The molecule has 3 nitrogen and oxygen atoms in total. The van der Waals surface area contributed by atoms with Crippen LogP contribution in [0.2, 0.25) is 0 Å². The number of hydrogen-bond acceptors (Lipinski definition) is 3. The summed E-state index contributed by atoms with van der Waals surface area (Å²) in [5.41, 5.74) is 4.92. The summed E-state index contributed by atoms with van der Waals surface area (Å²) in [6.45, 7) is 17.3. The number of rotatable bonds is 2. The monoisotopic (exact) mass is 438 g/mol. The molecule has 168 valence electrons. The van der Waals surface area contributed by atoms with E-state index in [9.17, 15) is 4.79 Å². The molecule has 31 heavy (non-hydrogen) atoms. The van der Waals surface area contributed by atoms with Crippen LogP contribution in [0.3, 0.4) is 0 Å². The van der Waals surface area contributed by atoms with Crippen molar-refractivity contribution in [1.82, 2.24) is 9.80 Å². The number of likely N-dealkylation sites (tertiary alicyclic amines) is 1. The Morgan fingerprint density at radius 3 is 2.13 bits per heavy atom. The Labute approximate surface area is 192 Å². The van der Waals surface area contributed by atoms with Crippen molar-refractivity contribution >= 4 is 17.2 Å². The highest BCUT2D eigenvalue weighted by Crippen LogP contribution is 2.32. The van der Waals surface area contributed by atoms with Gasteiger partial charge >= 0.3 is 0 Å². The van der Waals surface area contributed by atoms with Gasteiger partial charge in [0.15, 0.2) is 0 Å². The summed E-state index contributed by atoms with van der Waals surface area (Å²) in [4.78, 5) is 19.8. The normalized spacial score (nSPS) is 18.8. The van der Waals surface area contributed by atoms with Crippen LogP contribution in [0.5, 0.6) is 0 Å². The third-order valence-corrected chi connectivity index (χ3v) is 8.04. The van der Waals surface area contributed by atoms with Crippen molar-refractivity contribution in [2.45, 2.75) is 84.2 Å². The molecule has 1 fully saturated rings. The largest absolute Gasteiger partial charge is 0.339 e. The van der Waals surface area contributed by atoms with E-state index in [4.69, 9.17) is 0 Å². The maximum atomic E-state index is 13.5. The molecule has 0 unspecified atom stereocenters. The number of benzene rings is 1. The second-order valence-electron chi connectivity index (χ2n) is 11.4. The van der Waals surface area contributed by atoms with Crippen molar-refractivity contribution < 1.29 is 4.79 Å². The quantitative estimate of drug-likeness (QED) is 0.573. The minimum atomic E-state index is 0.0258. The van der Waals surface area contributed by atoms with E-state index in [-0.39, 0.29) is 16.7 Å². The van der Waals surface area contributed by atoms with E-state index >= 15 is 0 Å². The Kier molecular flexibility index (Phi) is 6.08. The van der Waals surface area contributed by atoms with Gasteiger partial charge in [-0.25, -0.2) is 0 Å². The van der Waals surface area contributed by atoms with E-state index < -0.39 is 0 Å². The van der Waals surface area contributed by atoms with Crippen LogP contribution < -0.4 is 0 Å². The van der Waals surface area contributed by atoms with Gasteiger partial charge in [-0.2, -0.15) is 0 Å². The van der Waals surface area contributed by atoms with Crippen LogP contribution in [0.15, 0.2) is 29.6 Å². The Morgan fingerprint density at radius 2 is 1.55 bits per heavy atom. The molecule has 0 aliphatic carbocycles. The van der Waals surface area contributed by atoms with E-state index in [2.05, 4.69) is 81.0 Å². The van der Waals surface area contributed by atoms with E-state index in [0.29, 0.717) is 6.04 Å². The van der Waals surface area contributed by atoms with Crippen LogP contribution in [0, 0.1) is 0 Å². The minimum Gasteiger partial charge on any atom is -0.339 e. The molecule has 2 aliphatic rings. The highest BCUT2D eigenvalue weighted by molar-refractivity contribution is 7.10. The Bertz CT molecular complexity index is 907. The number of piperidine rings is 1. The standard InChI is InChI=1S/C27H38N2OS/c1-26(2,3)21-15-20(16-22(17-21)27(4,5)6)25(30)28-11-7-23(8-12-28)29-13-9-24-19(18-29)10-14-31-24/h10,14-17,23H,7-9,11-13,18H2,1-6H3. The summed E-state index contributed by atoms with van der Waals surface area (Å²) in [6, 6.07) is 9.44. The number of carbonyl (C=O) groups is 1. The van der Waals surface area contributed by atoms with Gasteiger partial charge in [-0.05, 0) is 70.4 Å². The van der Waals surface area contributed by atoms with Crippen molar-refractivity contribution in [3.63, 3.8) is 0 Å². The number of nitrogens with zero attached hydrogens (tertiary/aromatic N) is 2. The van der Waals surface area contributed by atoms with Crippen molar-refractivity contribution in [2.75, 3.05) is 19.6 Å². The number of fused-ring (bicyclic) bond motifs is 1. The van der Waals surface area contributed by atoms with Gasteiger partial charge in [-0.1, -0.05) is 47.6 Å². The number of hydrogen-bond donors (Lipinski definition) is 0. The molecular weight excluding hydrogens is 400 g/mol. The molecule has 3 heterocycles. The molecule has 0 saturated carbocycles. The van der Waals surface area contributed by atoms with Crippen molar-refractivity contribution in [2.24, 2.45) is 0 Å². The predicted molar refractivity (Wildman–Crippen MR) is 131 cm³/mol. The van der Waals surface area contributed by atoms with Crippen molar-refractivity contribution in [3.8, 4) is 0 Å². The van der Waals surface area contributed by atoms with Gasteiger partial charge in [0.05, 0.1) is 0 Å². The van der Waals surface area contributed by atoms with Gasteiger partial charge in [0.1, 0.15) is 0 Å². The van der Waals surface area contributed by atoms with Crippen LogP contribution >= 0.6 is 11.3 Å². The first-order valence-electron chi connectivity index (χ1n) is 11.8. The Hall–Kier alpha value is -1.65. The van der Waals surface area contributed by atoms with Gasteiger partial charge in [-0.15, -0.1) is 11.3 Å². The summed E-state index contributed by atoms with van der Waals surface area (Å²) in [7, 11) is 0. The zero-order valence-electron chi connectivity index (χ0n) is 20.1. The maximum absolute atomic E-state index is 13.5. The SMILES string of the molecule is CC(C)(C)c1cc(C(=O)N2CCC(N3CCc4sccc4C3)CC2)cc(C(C)(C)C)c1. The lowest BCUT2D eigenvalue weighted by Gasteiger charge is -2.40.